The zero-order valence-corrected chi connectivity index (χ0v) is 13.2. The SMILES string of the molecule is Cc1c(NC(=O)C2CCNCC2)cccc1N(C)C.Cl. The van der Waals surface area contributed by atoms with E-state index < -0.39 is 0 Å². The van der Waals surface area contributed by atoms with Crippen LogP contribution < -0.4 is 15.5 Å². The lowest BCUT2D eigenvalue weighted by Gasteiger charge is -2.23. The highest BCUT2D eigenvalue weighted by Gasteiger charge is 2.21. The highest BCUT2D eigenvalue weighted by molar-refractivity contribution is 5.94. The van der Waals surface area contributed by atoms with Gasteiger partial charge in [-0.3, -0.25) is 4.79 Å². The van der Waals surface area contributed by atoms with Gasteiger partial charge in [-0.1, -0.05) is 6.07 Å². The molecule has 0 aliphatic carbocycles. The molecule has 0 radical (unpaired) electrons. The van der Waals surface area contributed by atoms with Crippen LogP contribution >= 0.6 is 12.4 Å². The number of halogens is 1. The number of hydrogen-bond acceptors (Lipinski definition) is 3. The smallest absolute Gasteiger partial charge is 0.227 e. The second-order valence-electron chi connectivity index (χ2n) is 5.36. The first kappa shape index (κ1) is 16.8. The number of amides is 1. The molecule has 20 heavy (non-hydrogen) atoms. The molecule has 2 rings (SSSR count). The molecular formula is C15H24ClN3O. The van der Waals surface area contributed by atoms with Crippen LogP contribution in [0.4, 0.5) is 11.4 Å². The molecule has 1 aromatic rings. The van der Waals surface area contributed by atoms with Crippen molar-refractivity contribution in [3.63, 3.8) is 0 Å². The fourth-order valence-corrected chi connectivity index (χ4v) is 2.56. The van der Waals surface area contributed by atoms with E-state index in [1.54, 1.807) is 0 Å². The van der Waals surface area contributed by atoms with E-state index in [-0.39, 0.29) is 24.2 Å². The Labute approximate surface area is 127 Å². The highest BCUT2D eigenvalue weighted by atomic mass is 35.5. The lowest BCUT2D eigenvalue weighted by Crippen LogP contribution is -2.34. The van der Waals surface area contributed by atoms with Gasteiger partial charge in [-0.05, 0) is 50.6 Å². The molecule has 0 atom stereocenters. The summed E-state index contributed by atoms with van der Waals surface area (Å²) in [6.07, 6.45) is 1.86. The van der Waals surface area contributed by atoms with Crippen LogP contribution in [0, 0.1) is 12.8 Å². The Kier molecular flexibility index (Phi) is 6.30. The Balaban J connectivity index is 0.00000200. The van der Waals surface area contributed by atoms with Gasteiger partial charge in [-0.15, -0.1) is 12.4 Å². The number of carbonyl (C=O) groups is 1. The van der Waals surface area contributed by atoms with E-state index in [9.17, 15) is 4.79 Å². The number of rotatable bonds is 3. The Hall–Kier alpha value is -1.26. The molecule has 112 valence electrons. The molecule has 1 amide bonds. The second-order valence-corrected chi connectivity index (χ2v) is 5.36. The zero-order chi connectivity index (χ0) is 13.8. The van der Waals surface area contributed by atoms with E-state index in [1.165, 1.54) is 0 Å². The van der Waals surface area contributed by atoms with E-state index >= 15 is 0 Å². The first-order valence-corrected chi connectivity index (χ1v) is 6.88. The lowest BCUT2D eigenvalue weighted by atomic mass is 9.97. The third-order valence-corrected chi connectivity index (χ3v) is 3.75. The molecule has 0 spiro atoms. The lowest BCUT2D eigenvalue weighted by molar-refractivity contribution is -0.120. The van der Waals surface area contributed by atoms with Gasteiger partial charge in [0.1, 0.15) is 0 Å². The third-order valence-electron chi connectivity index (χ3n) is 3.75. The summed E-state index contributed by atoms with van der Waals surface area (Å²) in [6.45, 7) is 3.93. The van der Waals surface area contributed by atoms with Crippen LogP contribution in [0.1, 0.15) is 18.4 Å². The fraction of sp³-hybridized carbons (Fsp3) is 0.533. The molecular weight excluding hydrogens is 274 g/mol. The number of piperidine rings is 1. The van der Waals surface area contributed by atoms with E-state index in [1.807, 2.05) is 33.2 Å². The molecule has 0 bridgehead atoms. The minimum atomic E-state index is 0. The molecule has 2 N–H and O–H groups in total. The summed E-state index contributed by atoms with van der Waals surface area (Å²) in [5.41, 5.74) is 3.19. The fourth-order valence-electron chi connectivity index (χ4n) is 2.56. The average molecular weight is 298 g/mol. The van der Waals surface area contributed by atoms with E-state index in [2.05, 4.69) is 21.6 Å². The molecule has 0 unspecified atom stereocenters. The summed E-state index contributed by atoms with van der Waals surface area (Å²) in [5, 5.41) is 6.36. The van der Waals surface area contributed by atoms with Crippen LogP contribution in [-0.4, -0.2) is 33.1 Å². The monoisotopic (exact) mass is 297 g/mol. The van der Waals surface area contributed by atoms with Gasteiger partial charge in [0.15, 0.2) is 0 Å². The minimum absolute atomic E-state index is 0. The van der Waals surface area contributed by atoms with Crippen molar-refractivity contribution in [2.75, 3.05) is 37.4 Å². The molecule has 0 saturated carbocycles. The van der Waals surface area contributed by atoms with Gasteiger partial charge in [0.2, 0.25) is 5.91 Å². The quantitative estimate of drug-likeness (QED) is 0.900. The van der Waals surface area contributed by atoms with Crippen molar-refractivity contribution in [1.82, 2.24) is 5.32 Å². The number of nitrogens with one attached hydrogen (secondary N) is 2. The van der Waals surface area contributed by atoms with E-state index in [0.717, 1.165) is 42.9 Å². The second kappa shape index (κ2) is 7.50. The molecule has 1 aliphatic rings. The van der Waals surface area contributed by atoms with Crippen molar-refractivity contribution in [3.8, 4) is 0 Å². The van der Waals surface area contributed by atoms with Crippen molar-refractivity contribution < 1.29 is 4.79 Å². The molecule has 1 aliphatic heterocycles. The molecule has 1 fully saturated rings. The summed E-state index contributed by atoms with van der Waals surface area (Å²) in [7, 11) is 4.03. The zero-order valence-electron chi connectivity index (χ0n) is 12.4. The van der Waals surface area contributed by atoms with Crippen LogP contribution in [0.25, 0.3) is 0 Å². The number of carbonyl (C=O) groups excluding carboxylic acids is 1. The van der Waals surface area contributed by atoms with Gasteiger partial charge >= 0.3 is 0 Å². The molecule has 1 aromatic carbocycles. The van der Waals surface area contributed by atoms with Crippen molar-refractivity contribution in [3.05, 3.63) is 23.8 Å². The van der Waals surface area contributed by atoms with Crippen molar-refractivity contribution in [1.29, 1.82) is 0 Å². The topological polar surface area (TPSA) is 44.4 Å². The maximum absolute atomic E-state index is 12.2. The first-order valence-electron chi connectivity index (χ1n) is 6.88. The molecule has 4 nitrogen and oxygen atoms in total. The van der Waals surface area contributed by atoms with Crippen LogP contribution in [0.3, 0.4) is 0 Å². The third kappa shape index (κ3) is 3.87. The Morgan fingerprint density at radius 3 is 2.55 bits per heavy atom. The largest absolute Gasteiger partial charge is 0.377 e. The van der Waals surface area contributed by atoms with Crippen molar-refractivity contribution in [2.45, 2.75) is 19.8 Å². The molecule has 5 heteroatoms. The minimum Gasteiger partial charge on any atom is -0.377 e. The summed E-state index contributed by atoms with van der Waals surface area (Å²) in [4.78, 5) is 14.3. The predicted molar refractivity (Wildman–Crippen MR) is 87.0 cm³/mol. The summed E-state index contributed by atoms with van der Waals surface area (Å²) < 4.78 is 0. The number of benzene rings is 1. The molecule has 1 heterocycles. The highest BCUT2D eigenvalue weighted by Crippen LogP contribution is 2.26. The number of anilines is 2. The van der Waals surface area contributed by atoms with E-state index in [0.29, 0.717) is 0 Å². The van der Waals surface area contributed by atoms with Crippen LogP contribution in [-0.2, 0) is 4.79 Å². The molecule has 0 aromatic heterocycles. The maximum atomic E-state index is 12.2. The van der Waals surface area contributed by atoms with Crippen LogP contribution in [0.5, 0.6) is 0 Å². The Morgan fingerprint density at radius 1 is 1.30 bits per heavy atom. The predicted octanol–water partition coefficient (Wildman–Crippen LogP) is 2.42. The first-order chi connectivity index (χ1) is 9.09. The van der Waals surface area contributed by atoms with Gasteiger partial charge in [0.25, 0.3) is 0 Å². The Morgan fingerprint density at radius 2 is 1.95 bits per heavy atom. The van der Waals surface area contributed by atoms with Crippen LogP contribution in [0.15, 0.2) is 18.2 Å². The molecule has 1 saturated heterocycles. The number of hydrogen-bond donors (Lipinski definition) is 2. The standard InChI is InChI=1S/C15H23N3O.ClH/c1-11-13(5-4-6-14(11)18(2)3)17-15(19)12-7-9-16-10-8-12;/h4-6,12,16H,7-10H2,1-3H3,(H,17,19);1H. The Bertz CT molecular complexity index is 456. The summed E-state index contributed by atoms with van der Waals surface area (Å²) in [5.74, 6) is 0.296. The average Bonchev–Trinajstić information content (AvgIpc) is 2.41. The van der Waals surface area contributed by atoms with Crippen LogP contribution in [0.2, 0.25) is 0 Å². The van der Waals surface area contributed by atoms with Crippen molar-refractivity contribution >= 4 is 29.7 Å². The maximum Gasteiger partial charge on any atom is 0.227 e. The van der Waals surface area contributed by atoms with Gasteiger partial charge in [-0.25, -0.2) is 0 Å². The summed E-state index contributed by atoms with van der Waals surface area (Å²) >= 11 is 0. The van der Waals surface area contributed by atoms with Gasteiger partial charge < -0.3 is 15.5 Å². The van der Waals surface area contributed by atoms with Gasteiger partial charge in [0, 0.05) is 31.4 Å². The van der Waals surface area contributed by atoms with Gasteiger partial charge in [-0.2, -0.15) is 0 Å². The van der Waals surface area contributed by atoms with Crippen molar-refractivity contribution in [2.24, 2.45) is 5.92 Å². The summed E-state index contributed by atoms with van der Waals surface area (Å²) in [6, 6.07) is 6.03. The van der Waals surface area contributed by atoms with Gasteiger partial charge in [0.05, 0.1) is 0 Å². The number of nitrogens with zero attached hydrogens (tertiary/aromatic N) is 1. The van der Waals surface area contributed by atoms with E-state index in [4.69, 9.17) is 0 Å². The normalized spacial score (nSPS) is 15.3.